The van der Waals surface area contributed by atoms with Crippen LogP contribution in [0.1, 0.15) is 16.1 Å². The van der Waals surface area contributed by atoms with E-state index in [4.69, 9.17) is 10.5 Å². The minimum Gasteiger partial charge on any atom is -0.456 e. The second-order valence-electron chi connectivity index (χ2n) is 4.51. The molecular weight excluding hydrogens is 273 g/mol. The first-order chi connectivity index (χ1) is 10.1. The van der Waals surface area contributed by atoms with Crippen molar-refractivity contribution in [2.75, 3.05) is 5.73 Å². The van der Waals surface area contributed by atoms with Gasteiger partial charge in [0, 0.05) is 12.4 Å². The Morgan fingerprint density at radius 2 is 2.19 bits per heavy atom. The quantitative estimate of drug-likeness (QED) is 0.592. The highest BCUT2D eigenvalue weighted by Gasteiger charge is 2.11. The molecule has 1 aromatic carbocycles. The number of benzene rings is 1. The van der Waals surface area contributed by atoms with Gasteiger partial charge < -0.3 is 14.9 Å². The average Bonchev–Trinajstić information content (AvgIpc) is 2.90. The van der Waals surface area contributed by atoms with Gasteiger partial charge in [0.25, 0.3) is 0 Å². The van der Waals surface area contributed by atoms with E-state index in [0.29, 0.717) is 5.69 Å². The van der Waals surface area contributed by atoms with Crippen molar-refractivity contribution in [3.8, 4) is 0 Å². The molecule has 2 N–H and O–H groups in total. The second-order valence-corrected chi connectivity index (χ2v) is 4.51. The lowest BCUT2D eigenvalue weighted by molar-refractivity contribution is 0.0468. The van der Waals surface area contributed by atoms with Crippen molar-refractivity contribution in [2.45, 2.75) is 6.61 Å². The molecule has 2 heterocycles. The topological polar surface area (TPSA) is 69.6 Å². The summed E-state index contributed by atoms with van der Waals surface area (Å²) >= 11 is 0. The van der Waals surface area contributed by atoms with Crippen LogP contribution in [-0.4, -0.2) is 15.4 Å². The number of nitrogens with two attached hydrogens (primary N) is 1. The summed E-state index contributed by atoms with van der Waals surface area (Å²) in [6.45, 7) is 0.0395. The van der Waals surface area contributed by atoms with E-state index in [1.54, 1.807) is 6.20 Å². The van der Waals surface area contributed by atoms with E-state index in [1.807, 2.05) is 28.8 Å². The van der Waals surface area contributed by atoms with Crippen LogP contribution in [0.4, 0.5) is 10.1 Å². The third kappa shape index (κ3) is 2.69. The lowest BCUT2D eigenvalue weighted by Gasteiger charge is -2.04. The normalized spacial score (nSPS) is 10.7. The standard InChI is InChI=1S/C15H12FN3O2/c16-12-5-4-10(7-13(12)17)15(20)21-9-11-8-19-6-2-1-3-14(19)18-11/h1-8H,9,17H2. The molecule has 6 heteroatoms. The predicted molar refractivity (Wildman–Crippen MR) is 75.1 cm³/mol. The molecule has 0 aliphatic rings. The van der Waals surface area contributed by atoms with E-state index in [1.165, 1.54) is 12.1 Å². The number of aromatic nitrogens is 2. The fourth-order valence-electron chi connectivity index (χ4n) is 1.95. The highest BCUT2D eigenvalue weighted by Crippen LogP contribution is 2.14. The van der Waals surface area contributed by atoms with Gasteiger partial charge in [-0.3, -0.25) is 0 Å². The molecule has 0 radical (unpaired) electrons. The molecule has 0 unspecified atom stereocenters. The molecule has 0 aliphatic carbocycles. The first kappa shape index (κ1) is 13.1. The maximum Gasteiger partial charge on any atom is 0.338 e. The van der Waals surface area contributed by atoms with Gasteiger partial charge in [0.15, 0.2) is 0 Å². The molecule has 0 aliphatic heterocycles. The fraction of sp³-hybridized carbons (Fsp3) is 0.0667. The molecule has 106 valence electrons. The van der Waals surface area contributed by atoms with Crippen LogP contribution in [0.3, 0.4) is 0 Å². The summed E-state index contributed by atoms with van der Waals surface area (Å²) in [5.74, 6) is -1.13. The van der Waals surface area contributed by atoms with Gasteiger partial charge in [-0.1, -0.05) is 6.07 Å². The highest BCUT2D eigenvalue weighted by atomic mass is 19.1. The molecular formula is C15H12FN3O2. The van der Waals surface area contributed by atoms with E-state index in [9.17, 15) is 9.18 Å². The van der Waals surface area contributed by atoms with E-state index >= 15 is 0 Å². The molecule has 0 saturated heterocycles. The fourth-order valence-corrected chi connectivity index (χ4v) is 1.95. The maximum atomic E-state index is 13.0. The average molecular weight is 285 g/mol. The summed E-state index contributed by atoms with van der Waals surface area (Å²) in [5, 5.41) is 0. The van der Waals surface area contributed by atoms with Crippen LogP contribution in [0.25, 0.3) is 5.65 Å². The zero-order chi connectivity index (χ0) is 14.8. The van der Waals surface area contributed by atoms with Crippen LogP contribution < -0.4 is 5.73 Å². The lowest BCUT2D eigenvalue weighted by Crippen LogP contribution is -2.06. The molecule has 2 aromatic heterocycles. The van der Waals surface area contributed by atoms with Gasteiger partial charge in [0.05, 0.1) is 16.9 Å². The zero-order valence-corrected chi connectivity index (χ0v) is 11.0. The molecule has 3 aromatic rings. The van der Waals surface area contributed by atoms with Crippen LogP contribution >= 0.6 is 0 Å². The Balaban J connectivity index is 1.71. The van der Waals surface area contributed by atoms with Gasteiger partial charge in [-0.2, -0.15) is 0 Å². The van der Waals surface area contributed by atoms with E-state index < -0.39 is 11.8 Å². The van der Waals surface area contributed by atoms with Gasteiger partial charge in [0.1, 0.15) is 18.1 Å². The summed E-state index contributed by atoms with van der Waals surface area (Å²) in [5.41, 5.74) is 6.94. The molecule has 21 heavy (non-hydrogen) atoms. The van der Waals surface area contributed by atoms with Crippen LogP contribution in [0.2, 0.25) is 0 Å². The van der Waals surface area contributed by atoms with Crippen molar-refractivity contribution in [3.63, 3.8) is 0 Å². The minimum absolute atomic E-state index is 0.0395. The molecule has 0 saturated carbocycles. The number of pyridine rings is 1. The van der Waals surface area contributed by atoms with Crippen molar-refractivity contribution in [1.82, 2.24) is 9.38 Å². The SMILES string of the molecule is Nc1cc(C(=O)OCc2cn3ccccc3n2)ccc1F. The number of ether oxygens (including phenoxy) is 1. The van der Waals surface area contributed by atoms with Gasteiger partial charge in [-0.05, 0) is 30.3 Å². The third-order valence-corrected chi connectivity index (χ3v) is 3.00. The summed E-state index contributed by atoms with van der Waals surface area (Å²) in [4.78, 5) is 16.2. The number of carbonyl (C=O) groups excluding carboxylic acids is 1. The Kier molecular flexibility index (Phi) is 3.27. The van der Waals surface area contributed by atoms with Crippen molar-refractivity contribution in [1.29, 1.82) is 0 Å². The number of nitrogens with zero attached hydrogens (tertiary/aromatic N) is 2. The van der Waals surface area contributed by atoms with Crippen molar-refractivity contribution in [3.05, 3.63) is 65.9 Å². The molecule has 3 rings (SSSR count). The zero-order valence-electron chi connectivity index (χ0n) is 11.0. The molecule has 0 fully saturated rings. The smallest absolute Gasteiger partial charge is 0.338 e. The second kappa shape index (κ2) is 5.24. The largest absolute Gasteiger partial charge is 0.456 e. The van der Waals surface area contributed by atoms with Crippen LogP contribution in [0.15, 0.2) is 48.8 Å². The van der Waals surface area contributed by atoms with Gasteiger partial charge in [-0.25, -0.2) is 14.2 Å². The van der Waals surface area contributed by atoms with Gasteiger partial charge >= 0.3 is 5.97 Å². The van der Waals surface area contributed by atoms with Crippen LogP contribution in [0.5, 0.6) is 0 Å². The third-order valence-electron chi connectivity index (χ3n) is 3.00. The van der Waals surface area contributed by atoms with Crippen molar-refractivity contribution < 1.29 is 13.9 Å². The number of nitrogen functional groups attached to an aromatic ring is 1. The maximum absolute atomic E-state index is 13.0. The van der Waals surface area contributed by atoms with Crippen LogP contribution in [0, 0.1) is 5.82 Å². The van der Waals surface area contributed by atoms with Gasteiger partial charge in [0.2, 0.25) is 0 Å². The number of imidazole rings is 1. The predicted octanol–water partition coefficient (Wildman–Crippen LogP) is 2.41. The summed E-state index contributed by atoms with van der Waals surface area (Å²) < 4.78 is 20.0. The molecule has 0 bridgehead atoms. The first-order valence-electron chi connectivity index (χ1n) is 6.28. The minimum atomic E-state index is -0.571. The van der Waals surface area contributed by atoms with E-state index in [-0.39, 0.29) is 17.9 Å². The number of rotatable bonds is 3. The van der Waals surface area contributed by atoms with E-state index in [0.717, 1.165) is 11.7 Å². The van der Waals surface area contributed by atoms with Gasteiger partial charge in [-0.15, -0.1) is 0 Å². The summed E-state index contributed by atoms with van der Waals surface area (Å²) in [6.07, 6.45) is 3.63. The summed E-state index contributed by atoms with van der Waals surface area (Å²) in [6, 6.07) is 9.33. The Labute approximate surface area is 119 Å². The molecule has 0 atom stereocenters. The monoisotopic (exact) mass is 285 g/mol. The Morgan fingerprint density at radius 1 is 1.33 bits per heavy atom. The number of esters is 1. The summed E-state index contributed by atoms with van der Waals surface area (Å²) in [7, 11) is 0. The highest BCUT2D eigenvalue weighted by molar-refractivity contribution is 5.90. The molecule has 5 nitrogen and oxygen atoms in total. The number of hydrogen-bond acceptors (Lipinski definition) is 4. The Morgan fingerprint density at radius 3 is 2.95 bits per heavy atom. The molecule has 0 amide bonds. The first-order valence-corrected chi connectivity index (χ1v) is 6.28. The van der Waals surface area contributed by atoms with Crippen LogP contribution in [-0.2, 0) is 11.3 Å². The number of anilines is 1. The van der Waals surface area contributed by atoms with Crippen molar-refractivity contribution >= 4 is 17.3 Å². The Bertz CT molecular complexity index is 781. The van der Waals surface area contributed by atoms with Crippen molar-refractivity contribution in [2.24, 2.45) is 0 Å². The lowest BCUT2D eigenvalue weighted by atomic mass is 10.2. The molecule has 0 spiro atoms. The Hall–Kier alpha value is -2.89. The number of hydrogen-bond donors (Lipinski definition) is 1. The number of halogens is 1. The number of fused-ring (bicyclic) bond motifs is 1. The number of carbonyl (C=O) groups is 1. The van der Waals surface area contributed by atoms with E-state index in [2.05, 4.69) is 4.98 Å².